The Morgan fingerprint density at radius 1 is 0.935 bits per heavy atom. The second-order valence-corrected chi connectivity index (χ2v) is 8.04. The fourth-order valence-electron chi connectivity index (χ4n) is 3.18. The molecule has 7 nitrogen and oxygen atoms in total. The summed E-state index contributed by atoms with van der Waals surface area (Å²) < 4.78 is 5.23. The lowest BCUT2D eigenvalue weighted by atomic mass is 10.0. The van der Waals surface area contributed by atoms with Gasteiger partial charge >= 0.3 is 6.09 Å². The predicted molar refractivity (Wildman–Crippen MR) is 119 cm³/mol. The molecule has 0 aliphatic heterocycles. The third-order valence-electron chi connectivity index (χ3n) is 4.71. The topological polar surface area (TPSA) is 111 Å². The minimum absolute atomic E-state index is 0.0972. The predicted octanol–water partition coefficient (Wildman–Crippen LogP) is 2.85. The van der Waals surface area contributed by atoms with Crippen LogP contribution < -0.4 is 16.4 Å². The van der Waals surface area contributed by atoms with Crippen molar-refractivity contribution >= 4 is 17.9 Å². The number of primary amides is 1. The minimum Gasteiger partial charge on any atom is -0.445 e. The number of hydrogen-bond donors (Lipinski definition) is 3. The molecule has 2 atom stereocenters. The maximum atomic E-state index is 12.9. The Kier molecular flexibility index (Phi) is 9.06. The molecule has 0 saturated carbocycles. The molecule has 0 fully saturated rings. The SMILES string of the molecule is Cc1cccc(C[C@@H](NC(=O)[C@H](CC(C)C)NC(=O)OCc2ccccc2)C(N)=O)c1. The summed E-state index contributed by atoms with van der Waals surface area (Å²) in [6.45, 7) is 5.93. The van der Waals surface area contributed by atoms with Crippen molar-refractivity contribution in [2.45, 2.75) is 52.3 Å². The summed E-state index contributed by atoms with van der Waals surface area (Å²) in [6, 6.07) is 15.2. The van der Waals surface area contributed by atoms with E-state index in [9.17, 15) is 14.4 Å². The molecule has 166 valence electrons. The molecule has 2 aromatic carbocycles. The maximum Gasteiger partial charge on any atom is 0.408 e. The number of nitrogens with one attached hydrogen (secondary N) is 2. The van der Waals surface area contributed by atoms with Gasteiger partial charge in [-0.05, 0) is 30.4 Å². The number of rotatable bonds is 10. The van der Waals surface area contributed by atoms with E-state index in [-0.39, 0.29) is 18.9 Å². The van der Waals surface area contributed by atoms with Crippen molar-refractivity contribution < 1.29 is 19.1 Å². The number of alkyl carbamates (subject to hydrolysis) is 1. The van der Waals surface area contributed by atoms with Crippen molar-refractivity contribution in [3.63, 3.8) is 0 Å². The van der Waals surface area contributed by atoms with Crippen LogP contribution in [0.5, 0.6) is 0 Å². The van der Waals surface area contributed by atoms with E-state index >= 15 is 0 Å². The lowest BCUT2D eigenvalue weighted by molar-refractivity contribution is -0.128. The standard InChI is InChI=1S/C24H31N3O4/c1-16(2)12-21(27-24(30)31-15-18-9-5-4-6-10-18)23(29)26-20(22(25)28)14-19-11-7-8-17(3)13-19/h4-11,13,16,20-21H,12,14-15H2,1-3H3,(H2,25,28)(H,26,29)(H,27,30)/t20-,21+/m1/s1. The monoisotopic (exact) mass is 425 g/mol. The first-order valence-electron chi connectivity index (χ1n) is 10.4. The molecule has 2 aromatic rings. The summed E-state index contributed by atoms with van der Waals surface area (Å²) in [5.74, 6) is -0.972. The lowest BCUT2D eigenvalue weighted by Gasteiger charge is -2.23. The van der Waals surface area contributed by atoms with Gasteiger partial charge in [0.25, 0.3) is 0 Å². The summed E-state index contributed by atoms with van der Waals surface area (Å²) in [5, 5.41) is 5.30. The van der Waals surface area contributed by atoms with Crippen LogP contribution in [0.25, 0.3) is 0 Å². The van der Waals surface area contributed by atoms with Gasteiger partial charge in [0.1, 0.15) is 18.7 Å². The molecule has 4 N–H and O–H groups in total. The van der Waals surface area contributed by atoms with Crippen LogP contribution in [0.4, 0.5) is 4.79 Å². The fourth-order valence-corrected chi connectivity index (χ4v) is 3.18. The van der Waals surface area contributed by atoms with Gasteiger partial charge in [-0.1, -0.05) is 74.0 Å². The van der Waals surface area contributed by atoms with Crippen LogP contribution in [0.3, 0.4) is 0 Å². The third-order valence-corrected chi connectivity index (χ3v) is 4.71. The van der Waals surface area contributed by atoms with Gasteiger partial charge < -0.3 is 21.1 Å². The van der Waals surface area contributed by atoms with Gasteiger partial charge in [0, 0.05) is 6.42 Å². The van der Waals surface area contributed by atoms with E-state index in [2.05, 4.69) is 10.6 Å². The maximum absolute atomic E-state index is 12.9. The molecule has 0 unspecified atom stereocenters. The highest BCUT2D eigenvalue weighted by Gasteiger charge is 2.27. The zero-order valence-corrected chi connectivity index (χ0v) is 18.3. The molecule has 7 heteroatoms. The number of aryl methyl sites for hydroxylation is 1. The summed E-state index contributed by atoms with van der Waals surface area (Å²) in [6.07, 6.45) is -0.0309. The number of amides is 3. The normalized spacial score (nSPS) is 12.6. The van der Waals surface area contributed by atoms with Gasteiger partial charge in [0.05, 0.1) is 0 Å². The summed E-state index contributed by atoms with van der Waals surface area (Å²) in [7, 11) is 0. The van der Waals surface area contributed by atoms with Crippen LogP contribution in [0, 0.1) is 12.8 Å². The summed E-state index contributed by atoms with van der Waals surface area (Å²) >= 11 is 0. The van der Waals surface area contributed by atoms with Crippen molar-refractivity contribution in [1.29, 1.82) is 0 Å². The largest absolute Gasteiger partial charge is 0.445 e. The molecule has 31 heavy (non-hydrogen) atoms. The number of carbonyl (C=O) groups excluding carboxylic acids is 3. The fraction of sp³-hybridized carbons (Fsp3) is 0.375. The van der Waals surface area contributed by atoms with Crippen LogP contribution in [-0.4, -0.2) is 30.0 Å². The highest BCUT2D eigenvalue weighted by molar-refractivity contribution is 5.90. The quantitative estimate of drug-likeness (QED) is 0.543. The molecule has 3 amide bonds. The van der Waals surface area contributed by atoms with Crippen molar-refractivity contribution in [3.05, 3.63) is 71.3 Å². The minimum atomic E-state index is -0.883. The Labute approximate surface area is 183 Å². The lowest BCUT2D eigenvalue weighted by Crippen LogP contribution is -2.54. The van der Waals surface area contributed by atoms with Crippen LogP contribution in [0.2, 0.25) is 0 Å². The molecule has 0 bridgehead atoms. The first-order chi connectivity index (χ1) is 14.7. The van der Waals surface area contributed by atoms with E-state index in [1.165, 1.54) is 0 Å². The number of hydrogen-bond acceptors (Lipinski definition) is 4. The highest BCUT2D eigenvalue weighted by Crippen LogP contribution is 2.10. The van der Waals surface area contributed by atoms with Crippen molar-refractivity contribution in [3.8, 4) is 0 Å². The van der Waals surface area contributed by atoms with E-state index in [1.807, 2.05) is 75.4 Å². The Morgan fingerprint density at radius 3 is 2.23 bits per heavy atom. The summed E-state index contributed by atoms with van der Waals surface area (Å²) in [4.78, 5) is 37.1. The average molecular weight is 426 g/mol. The van der Waals surface area contributed by atoms with E-state index < -0.39 is 30.0 Å². The smallest absolute Gasteiger partial charge is 0.408 e. The molecule has 0 heterocycles. The van der Waals surface area contributed by atoms with Crippen molar-refractivity contribution in [2.24, 2.45) is 11.7 Å². The van der Waals surface area contributed by atoms with Gasteiger partial charge in [-0.3, -0.25) is 9.59 Å². The Morgan fingerprint density at radius 2 is 1.61 bits per heavy atom. The van der Waals surface area contributed by atoms with Crippen LogP contribution in [0.1, 0.15) is 37.0 Å². The van der Waals surface area contributed by atoms with Crippen LogP contribution in [0.15, 0.2) is 54.6 Å². The Hall–Kier alpha value is -3.35. The molecule has 0 spiro atoms. The number of ether oxygens (including phenoxy) is 1. The zero-order valence-electron chi connectivity index (χ0n) is 18.3. The second-order valence-electron chi connectivity index (χ2n) is 8.04. The van der Waals surface area contributed by atoms with Crippen LogP contribution in [-0.2, 0) is 27.4 Å². The molecule has 0 aliphatic rings. The molecular formula is C24H31N3O4. The third kappa shape index (κ3) is 8.50. The van der Waals surface area contributed by atoms with Gasteiger partial charge in [-0.2, -0.15) is 0 Å². The molecule has 2 rings (SSSR count). The second kappa shape index (κ2) is 11.7. The van der Waals surface area contributed by atoms with E-state index in [4.69, 9.17) is 10.5 Å². The van der Waals surface area contributed by atoms with Gasteiger partial charge in [0.2, 0.25) is 11.8 Å². The highest BCUT2D eigenvalue weighted by atomic mass is 16.5. The van der Waals surface area contributed by atoms with Gasteiger partial charge in [-0.25, -0.2) is 4.79 Å². The van der Waals surface area contributed by atoms with E-state index in [0.29, 0.717) is 6.42 Å². The first-order valence-corrected chi connectivity index (χ1v) is 10.4. The molecule has 0 saturated heterocycles. The first kappa shape index (κ1) is 23.9. The van der Waals surface area contributed by atoms with Crippen molar-refractivity contribution in [2.75, 3.05) is 0 Å². The summed E-state index contributed by atoms with van der Waals surface area (Å²) in [5.41, 5.74) is 8.30. The van der Waals surface area contributed by atoms with E-state index in [0.717, 1.165) is 16.7 Å². The molecule has 0 aliphatic carbocycles. The van der Waals surface area contributed by atoms with Gasteiger partial charge in [-0.15, -0.1) is 0 Å². The Bertz CT molecular complexity index is 883. The Balaban J connectivity index is 2.00. The molecular weight excluding hydrogens is 394 g/mol. The molecule has 0 aromatic heterocycles. The van der Waals surface area contributed by atoms with Gasteiger partial charge in [0.15, 0.2) is 0 Å². The van der Waals surface area contributed by atoms with E-state index in [1.54, 1.807) is 0 Å². The number of carbonyl (C=O) groups is 3. The van der Waals surface area contributed by atoms with Crippen molar-refractivity contribution in [1.82, 2.24) is 10.6 Å². The molecule has 0 radical (unpaired) electrons. The zero-order chi connectivity index (χ0) is 22.8. The van der Waals surface area contributed by atoms with Crippen LogP contribution >= 0.6 is 0 Å². The number of benzene rings is 2. The number of nitrogens with two attached hydrogens (primary N) is 1. The average Bonchev–Trinajstić information content (AvgIpc) is 2.71.